The average molecular weight is 594 g/mol. The lowest BCUT2D eigenvalue weighted by Crippen LogP contribution is -2.29. The first-order chi connectivity index (χ1) is 21.4. The SMILES string of the molecule is CCN(CCC#N)c1ccc(N=Nc2ccc(N)cc2)cc1.Nc1ccc(N=Nc2ccc(N(CCO)CCO)cc2)cc1. The number of hydrogen-bond acceptors (Lipinski definition) is 11. The van der Waals surface area contributed by atoms with Crippen molar-refractivity contribution >= 4 is 45.5 Å². The third kappa shape index (κ3) is 11.2. The van der Waals surface area contributed by atoms with E-state index in [1.807, 2.05) is 65.6 Å². The first kappa shape index (κ1) is 33.2. The molecule has 4 aromatic carbocycles. The van der Waals surface area contributed by atoms with Crippen molar-refractivity contribution in [2.75, 3.05) is 60.7 Å². The van der Waals surface area contributed by atoms with Crippen LogP contribution in [0.5, 0.6) is 0 Å². The highest BCUT2D eigenvalue weighted by atomic mass is 16.3. The summed E-state index contributed by atoms with van der Waals surface area (Å²) in [6.07, 6.45) is 0.520. The van der Waals surface area contributed by atoms with Crippen LogP contribution >= 0.6 is 0 Å². The molecule has 0 atom stereocenters. The third-order valence-electron chi connectivity index (χ3n) is 6.39. The van der Waals surface area contributed by atoms with Crippen molar-refractivity contribution in [3.63, 3.8) is 0 Å². The topological polar surface area (TPSA) is 172 Å². The summed E-state index contributed by atoms with van der Waals surface area (Å²) >= 11 is 0. The number of rotatable bonds is 13. The van der Waals surface area contributed by atoms with Crippen LogP contribution in [-0.4, -0.2) is 49.6 Å². The summed E-state index contributed by atoms with van der Waals surface area (Å²) in [5.74, 6) is 0. The predicted molar refractivity (Wildman–Crippen MR) is 177 cm³/mol. The summed E-state index contributed by atoms with van der Waals surface area (Å²) in [6, 6.07) is 31.9. The van der Waals surface area contributed by atoms with Gasteiger partial charge in [-0.05, 0) is 104 Å². The minimum atomic E-state index is 0.0403. The van der Waals surface area contributed by atoms with Gasteiger partial charge in [-0.15, -0.1) is 0 Å². The normalized spacial score (nSPS) is 10.8. The molecule has 4 rings (SSSR count). The summed E-state index contributed by atoms with van der Waals surface area (Å²) < 4.78 is 0. The summed E-state index contributed by atoms with van der Waals surface area (Å²) in [7, 11) is 0. The molecular weight excluding hydrogens is 554 g/mol. The van der Waals surface area contributed by atoms with Crippen LogP contribution in [0.15, 0.2) is 118 Å². The van der Waals surface area contributed by atoms with Gasteiger partial charge >= 0.3 is 0 Å². The molecule has 0 aliphatic carbocycles. The molecule has 0 fully saturated rings. The fraction of sp³-hybridized carbons (Fsp3) is 0.242. The maximum atomic E-state index is 9.04. The Morgan fingerprint density at radius 3 is 1.23 bits per heavy atom. The Labute approximate surface area is 258 Å². The van der Waals surface area contributed by atoms with Crippen LogP contribution in [0.2, 0.25) is 0 Å². The lowest BCUT2D eigenvalue weighted by molar-refractivity contribution is 0.281. The molecule has 0 spiro atoms. The standard InChI is InChI=1S/C17H19N5.C16H20N4O2/c1-2-22(13-3-12-18)17-10-8-16(9-11-17)21-20-15-6-4-14(19)5-7-15;17-13-1-3-14(4-2-13)18-19-15-5-7-16(8-6-15)20(9-11-21)10-12-22/h4-11H,2-3,13,19H2,1H3;1-8,21-22H,9-12,17H2. The second-order valence-corrected chi connectivity index (χ2v) is 9.54. The smallest absolute Gasteiger partial charge is 0.0858 e. The number of nitrogens with two attached hydrogens (primary N) is 2. The van der Waals surface area contributed by atoms with Gasteiger partial charge in [0.25, 0.3) is 0 Å². The lowest BCUT2D eigenvalue weighted by Gasteiger charge is -2.22. The Balaban J connectivity index is 0.000000240. The van der Waals surface area contributed by atoms with Gasteiger partial charge in [-0.1, -0.05) is 0 Å². The van der Waals surface area contributed by atoms with Gasteiger partial charge in [0.05, 0.1) is 48.5 Å². The number of anilines is 4. The fourth-order valence-corrected chi connectivity index (χ4v) is 4.04. The first-order valence-electron chi connectivity index (χ1n) is 14.3. The zero-order valence-corrected chi connectivity index (χ0v) is 24.9. The summed E-state index contributed by atoms with van der Waals surface area (Å²) in [6.45, 7) is 4.72. The van der Waals surface area contributed by atoms with E-state index < -0.39 is 0 Å². The predicted octanol–water partition coefficient (Wildman–Crippen LogP) is 6.90. The van der Waals surface area contributed by atoms with E-state index in [4.69, 9.17) is 26.9 Å². The van der Waals surface area contributed by atoms with E-state index in [0.717, 1.165) is 47.2 Å². The molecule has 0 unspecified atom stereocenters. The van der Waals surface area contributed by atoms with Gasteiger partial charge < -0.3 is 31.5 Å². The van der Waals surface area contributed by atoms with Crippen LogP contribution in [0.4, 0.5) is 45.5 Å². The van der Waals surface area contributed by atoms with Crippen molar-refractivity contribution in [2.24, 2.45) is 20.5 Å². The number of benzene rings is 4. The molecule has 11 heteroatoms. The van der Waals surface area contributed by atoms with Crippen molar-refractivity contribution in [2.45, 2.75) is 13.3 Å². The third-order valence-corrected chi connectivity index (χ3v) is 6.39. The quantitative estimate of drug-likeness (QED) is 0.0963. The molecule has 4 aromatic rings. The molecule has 0 heterocycles. The van der Waals surface area contributed by atoms with Gasteiger partial charge in [0, 0.05) is 48.9 Å². The van der Waals surface area contributed by atoms with Crippen molar-refractivity contribution in [3.05, 3.63) is 97.1 Å². The van der Waals surface area contributed by atoms with Gasteiger partial charge in [0.15, 0.2) is 0 Å². The molecule has 0 saturated carbocycles. The molecular formula is C33H39N9O2. The van der Waals surface area contributed by atoms with Crippen molar-refractivity contribution in [1.82, 2.24) is 0 Å². The van der Waals surface area contributed by atoms with Gasteiger partial charge in [-0.25, -0.2) is 0 Å². The van der Waals surface area contributed by atoms with E-state index >= 15 is 0 Å². The second kappa shape index (κ2) is 18.3. The molecule has 228 valence electrons. The van der Waals surface area contributed by atoms with Crippen LogP contribution in [0.3, 0.4) is 0 Å². The Kier molecular flexibility index (Phi) is 13.8. The summed E-state index contributed by atoms with van der Waals surface area (Å²) in [5.41, 5.74) is 17.7. The molecule has 0 bridgehead atoms. The Hall–Kier alpha value is -5.31. The van der Waals surface area contributed by atoms with Gasteiger partial charge in [-0.3, -0.25) is 0 Å². The van der Waals surface area contributed by atoms with E-state index in [1.165, 1.54) is 0 Å². The van der Waals surface area contributed by atoms with Gasteiger partial charge in [0.2, 0.25) is 0 Å². The van der Waals surface area contributed by atoms with Crippen LogP contribution in [0.25, 0.3) is 0 Å². The number of nitriles is 1. The summed E-state index contributed by atoms with van der Waals surface area (Å²) in [4.78, 5) is 4.06. The Morgan fingerprint density at radius 1 is 0.568 bits per heavy atom. The largest absolute Gasteiger partial charge is 0.399 e. The molecule has 0 amide bonds. The lowest BCUT2D eigenvalue weighted by atomic mass is 10.2. The first-order valence-corrected chi connectivity index (χ1v) is 14.3. The number of nitrogens with zero attached hydrogens (tertiary/aromatic N) is 7. The van der Waals surface area contributed by atoms with Crippen molar-refractivity contribution in [1.29, 1.82) is 5.26 Å². The monoisotopic (exact) mass is 593 g/mol. The Morgan fingerprint density at radius 2 is 0.909 bits per heavy atom. The van der Waals surface area contributed by atoms with Gasteiger partial charge in [-0.2, -0.15) is 25.7 Å². The van der Waals surface area contributed by atoms with Crippen LogP contribution in [0, 0.1) is 11.3 Å². The zero-order valence-electron chi connectivity index (χ0n) is 24.9. The number of aliphatic hydroxyl groups excluding tert-OH is 2. The maximum absolute atomic E-state index is 9.04. The van der Waals surface area contributed by atoms with E-state index in [-0.39, 0.29) is 13.2 Å². The molecule has 6 N–H and O–H groups in total. The molecule has 0 aromatic heterocycles. The number of hydrogen-bond donors (Lipinski definition) is 4. The van der Waals surface area contributed by atoms with Crippen LogP contribution in [0.1, 0.15) is 13.3 Å². The van der Waals surface area contributed by atoms with E-state index in [2.05, 4.69) is 38.3 Å². The van der Waals surface area contributed by atoms with Crippen molar-refractivity contribution < 1.29 is 10.2 Å². The molecule has 0 radical (unpaired) electrons. The van der Waals surface area contributed by atoms with Gasteiger partial charge in [0.1, 0.15) is 0 Å². The highest BCUT2D eigenvalue weighted by molar-refractivity contribution is 5.54. The molecule has 44 heavy (non-hydrogen) atoms. The van der Waals surface area contributed by atoms with E-state index in [9.17, 15) is 0 Å². The highest BCUT2D eigenvalue weighted by Gasteiger charge is 2.05. The Bertz CT molecular complexity index is 1480. The minimum Gasteiger partial charge on any atom is -0.399 e. The summed E-state index contributed by atoms with van der Waals surface area (Å²) in [5, 5.41) is 43.5. The molecule has 0 saturated heterocycles. The van der Waals surface area contributed by atoms with Crippen LogP contribution < -0.4 is 21.3 Å². The number of nitrogen functional groups attached to an aromatic ring is 2. The molecule has 0 aliphatic rings. The molecule has 11 nitrogen and oxygen atoms in total. The fourth-order valence-electron chi connectivity index (χ4n) is 4.04. The molecule has 0 aliphatic heterocycles. The number of aliphatic hydroxyl groups is 2. The second-order valence-electron chi connectivity index (χ2n) is 9.54. The van der Waals surface area contributed by atoms with Crippen LogP contribution in [-0.2, 0) is 0 Å². The maximum Gasteiger partial charge on any atom is 0.0858 e. The highest BCUT2D eigenvalue weighted by Crippen LogP contribution is 2.24. The van der Waals surface area contributed by atoms with E-state index in [0.29, 0.717) is 30.9 Å². The minimum absolute atomic E-state index is 0.0403. The van der Waals surface area contributed by atoms with E-state index in [1.54, 1.807) is 36.4 Å². The zero-order chi connectivity index (χ0) is 31.6. The number of azo groups is 2. The average Bonchev–Trinajstić information content (AvgIpc) is 3.05. The van der Waals surface area contributed by atoms with Crippen molar-refractivity contribution in [3.8, 4) is 6.07 Å².